The van der Waals surface area contributed by atoms with Crippen LogP contribution in [0.5, 0.6) is 0 Å². The van der Waals surface area contributed by atoms with Crippen molar-refractivity contribution in [1.82, 2.24) is 0 Å². The van der Waals surface area contributed by atoms with Crippen LogP contribution in [0.25, 0.3) is 0 Å². The highest BCUT2D eigenvalue weighted by Crippen LogP contribution is 2.27. The van der Waals surface area contributed by atoms with E-state index in [-0.39, 0.29) is 11.6 Å². The second-order valence-corrected chi connectivity index (χ2v) is 4.54. The van der Waals surface area contributed by atoms with Crippen molar-refractivity contribution in [2.45, 2.75) is 51.2 Å². The summed E-state index contributed by atoms with van der Waals surface area (Å²) in [6.45, 7) is 6.09. The van der Waals surface area contributed by atoms with Crippen LogP contribution in [0.2, 0.25) is 0 Å². The van der Waals surface area contributed by atoms with Gasteiger partial charge in [-0.3, -0.25) is 0 Å². The minimum atomic E-state index is -0.0438. The third kappa shape index (κ3) is 4.40. The maximum absolute atomic E-state index is 6.14. The molecule has 0 heterocycles. The van der Waals surface area contributed by atoms with E-state index in [9.17, 15) is 0 Å². The molecule has 14 heavy (non-hydrogen) atoms. The van der Waals surface area contributed by atoms with Crippen molar-refractivity contribution in [1.29, 1.82) is 0 Å². The topological polar surface area (TPSA) is 44.5 Å². The van der Waals surface area contributed by atoms with Crippen LogP contribution >= 0.6 is 0 Å². The lowest BCUT2D eigenvalue weighted by molar-refractivity contribution is 0.00613. The van der Waals surface area contributed by atoms with Crippen molar-refractivity contribution in [3.8, 4) is 0 Å². The fourth-order valence-corrected chi connectivity index (χ4v) is 1.84. The third-order valence-corrected chi connectivity index (χ3v) is 2.67. The first kappa shape index (κ1) is 12.0. The molecule has 0 radical (unpaired) electrons. The highest BCUT2D eigenvalue weighted by molar-refractivity contribution is 4.88. The first-order valence-corrected chi connectivity index (χ1v) is 5.61. The summed E-state index contributed by atoms with van der Waals surface area (Å²) in [5, 5.41) is 0. The van der Waals surface area contributed by atoms with Crippen LogP contribution in [-0.2, 0) is 9.47 Å². The highest BCUT2D eigenvalue weighted by Gasteiger charge is 2.29. The van der Waals surface area contributed by atoms with Crippen LogP contribution in [0.15, 0.2) is 0 Å². The summed E-state index contributed by atoms with van der Waals surface area (Å²) in [4.78, 5) is 0. The van der Waals surface area contributed by atoms with Crippen LogP contribution in [0.1, 0.15) is 39.5 Å². The summed E-state index contributed by atoms with van der Waals surface area (Å²) < 4.78 is 10.9. The summed E-state index contributed by atoms with van der Waals surface area (Å²) in [5.41, 5.74) is 6.09. The predicted octanol–water partition coefficient (Wildman–Crippen LogP) is 1.70. The van der Waals surface area contributed by atoms with Gasteiger partial charge in [-0.15, -0.1) is 0 Å². The second kappa shape index (κ2) is 5.69. The minimum absolute atomic E-state index is 0.0438. The van der Waals surface area contributed by atoms with Gasteiger partial charge in [0.25, 0.3) is 0 Å². The number of hydrogen-bond acceptors (Lipinski definition) is 3. The monoisotopic (exact) mass is 201 g/mol. The van der Waals surface area contributed by atoms with Gasteiger partial charge in [-0.1, -0.05) is 12.8 Å². The number of rotatable bonds is 6. The van der Waals surface area contributed by atoms with Crippen molar-refractivity contribution in [3.05, 3.63) is 0 Å². The summed E-state index contributed by atoms with van der Waals surface area (Å²) in [6, 6.07) is 0. The van der Waals surface area contributed by atoms with Crippen LogP contribution < -0.4 is 5.73 Å². The fourth-order valence-electron chi connectivity index (χ4n) is 1.84. The van der Waals surface area contributed by atoms with Gasteiger partial charge >= 0.3 is 0 Å². The molecule has 1 saturated carbocycles. The van der Waals surface area contributed by atoms with Crippen LogP contribution in [0, 0.1) is 0 Å². The van der Waals surface area contributed by atoms with Gasteiger partial charge in [-0.25, -0.2) is 0 Å². The number of nitrogens with two attached hydrogens (primary N) is 1. The Morgan fingerprint density at radius 1 is 1.21 bits per heavy atom. The Kier molecular flexibility index (Phi) is 4.85. The van der Waals surface area contributed by atoms with Crippen molar-refractivity contribution in [3.63, 3.8) is 0 Å². The Balaban J connectivity index is 1.98. The molecule has 1 fully saturated rings. The molecule has 0 spiro atoms. The van der Waals surface area contributed by atoms with Gasteiger partial charge in [0.2, 0.25) is 0 Å². The van der Waals surface area contributed by atoms with E-state index >= 15 is 0 Å². The molecule has 0 unspecified atom stereocenters. The van der Waals surface area contributed by atoms with E-state index in [4.69, 9.17) is 15.2 Å². The maximum Gasteiger partial charge on any atom is 0.0703 e. The van der Waals surface area contributed by atoms with E-state index < -0.39 is 0 Å². The second-order valence-electron chi connectivity index (χ2n) is 4.54. The van der Waals surface area contributed by atoms with Gasteiger partial charge in [0.1, 0.15) is 0 Å². The van der Waals surface area contributed by atoms with E-state index in [1.165, 1.54) is 12.8 Å². The fraction of sp³-hybridized carbons (Fsp3) is 1.00. The van der Waals surface area contributed by atoms with E-state index in [0.717, 1.165) is 12.8 Å². The molecule has 0 bridgehead atoms. The molecule has 3 heteroatoms. The van der Waals surface area contributed by atoms with Crippen LogP contribution in [-0.4, -0.2) is 31.5 Å². The third-order valence-electron chi connectivity index (χ3n) is 2.67. The van der Waals surface area contributed by atoms with Gasteiger partial charge in [0, 0.05) is 5.54 Å². The lowest BCUT2D eigenvalue weighted by Gasteiger charge is -2.23. The van der Waals surface area contributed by atoms with E-state index in [2.05, 4.69) is 0 Å². The van der Waals surface area contributed by atoms with Crippen molar-refractivity contribution < 1.29 is 9.47 Å². The molecule has 84 valence electrons. The van der Waals surface area contributed by atoms with E-state index in [1.54, 1.807) is 0 Å². The van der Waals surface area contributed by atoms with Gasteiger partial charge in [-0.2, -0.15) is 0 Å². The van der Waals surface area contributed by atoms with Crippen molar-refractivity contribution >= 4 is 0 Å². The number of hydrogen-bond donors (Lipinski definition) is 1. The number of ether oxygens (including phenoxy) is 2. The quantitative estimate of drug-likeness (QED) is 0.665. The minimum Gasteiger partial charge on any atom is -0.377 e. The summed E-state index contributed by atoms with van der Waals surface area (Å²) >= 11 is 0. The predicted molar refractivity (Wildman–Crippen MR) is 57.3 cm³/mol. The van der Waals surface area contributed by atoms with Crippen molar-refractivity contribution in [2.24, 2.45) is 5.73 Å². The smallest absolute Gasteiger partial charge is 0.0703 e. The molecule has 0 aromatic carbocycles. The summed E-state index contributed by atoms with van der Waals surface area (Å²) in [7, 11) is 0. The molecule has 1 aliphatic carbocycles. The SMILES string of the molecule is CC(C)OCCOCC1(N)CCCC1. The van der Waals surface area contributed by atoms with Crippen LogP contribution in [0.4, 0.5) is 0 Å². The first-order chi connectivity index (χ1) is 6.62. The van der Waals surface area contributed by atoms with Gasteiger partial charge in [0.15, 0.2) is 0 Å². The zero-order valence-corrected chi connectivity index (χ0v) is 9.42. The standard InChI is InChI=1S/C11H23NO2/c1-10(2)14-8-7-13-9-11(12)5-3-4-6-11/h10H,3-9,12H2,1-2H3. The molecule has 2 N–H and O–H groups in total. The molecule has 3 nitrogen and oxygen atoms in total. The molecule has 0 aromatic rings. The van der Waals surface area contributed by atoms with Gasteiger partial charge < -0.3 is 15.2 Å². The highest BCUT2D eigenvalue weighted by atomic mass is 16.5. The molecule has 1 rings (SSSR count). The van der Waals surface area contributed by atoms with E-state index in [0.29, 0.717) is 19.8 Å². The van der Waals surface area contributed by atoms with Crippen LogP contribution in [0.3, 0.4) is 0 Å². The lowest BCUT2D eigenvalue weighted by atomic mass is 10.0. The summed E-state index contributed by atoms with van der Waals surface area (Å²) in [5.74, 6) is 0. The first-order valence-electron chi connectivity index (χ1n) is 5.61. The molecule has 1 aliphatic rings. The Bertz CT molecular complexity index is 153. The van der Waals surface area contributed by atoms with E-state index in [1.807, 2.05) is 13.8 Å². The van der Waals surface area contributed by atoms with Gasteiger partial charge in [-0.05, 0) is 26.7 Å². The Morgan fingerprint density at radius 3 is 2.43 bits per heavy atom. The largest absolute Gasteiger partial charge is 0.377 e. The average molecular weight is 201 g/mol. The Labute approximate surface area is 86.9 Å². The zero-order valence-electron chi connectivity index (χ0n) is 9.42. The summed E-state index contributed by atoms with van der Waals surface area (Å²) in [6.07, 6.45) is 5.01. The Morgan fingerprint density at radius 2 is 1.86 bits per heavy atom. The molecular weight excluding hydrogens is 178 g/mol. The maximum atomic E-state index is 6.14. The lowest BCUT2D eigenvalue weighted by Crippen LogP contribution is -2.41. The molecule has 0 atom stereocenters. The molecule has 0 aromatic heterocycles. The molecule has 0 aliphatic heterocycles. The molecular formula is C11H23NO2. The van der Waals surface area contributed by atoms with Crippen molar-refractivity contribution in [2.75, 3.05) is 19.8 Å². The molecule has 0 amide bonds. The van der Waals surface area contributed by atoms with Gasteiger partial charge in [0.05, 0.1) is 25.9 Å². The molecule has 0 saturated heterocycles. The Hall–Kier alpha value is -0.120. The average Bonchev–Trinajstić information content (AvgIpc) is 2.51. The zero-order chi connectivity index (χ0) is 10.4. The normalized spacial score (nSPS) is 20.6.